The monoisotopic (exact) mass is 394 g/mol. The first-order valence-corrected chi connectivity index (χ1v) is 9.76. The zero-order valence-electron chi connectivity index (χ0n) is 17.5. The highest BCUT2D eigenvalue weighted by molar-refractivity contribution is 5.81. The molecule has 0 aromatic carbocycles. The predicted molar refractivity (Wildman–Crippen MR) is 106 cm³/mol. The van der Waals surface area contributed by atoms with Gasteiger partial charge in [-0.05, 0) is 44.9 Å². The van der Waals surface area contributed by atoms with E-state index in [9.17, 15) is 4.79 Å². The van der Waals surface area contributed by atoms with Crippen molar-refractivity contribution in [2.45, 2.75) is 58.0 Å². The van der Waals surface area contributed by atoms with E-state index in [1.807, 2.05) is 64.3 Å². The van der Waals surface area contributed by atoms with Gasteiger partial charge in [0.15, 0.2) is 5.82 Å². The summed E-state index contributed by atoms with van der Waals surface area (Å²) in [5.41, 5.74) is 2.83. The molecule has 1 aliphatic heterocycles. The number of amides is 1. The summed E-state index contributed by atoms with van der Waals surface area (Å²) in [6.45, 7) is 8.17. The third kappa shape index (κ3) is 3.66. The number of carbonyl (C=O) groups excluding carboxylic acids is 1. The van der Waals surface area contributed by atoms with Gasteiger partial charge in [0.1, 0.15) is 0 Å². The highest BCUT2D eigenvalue weighted by Crippen LogP contribution is 2.46. The maximum absolute atomic E-state index is 12.9. The van der Waals surface area contributed by atoms with Gasteiger partial charge in [-0.25, -0.2) is 0 Å². The van der Waals surface area contributed by atoms with Crippen molar-refractivity contribution >= 4 is 5.91 Å². The SMILES string of the molecule is Cc1ccncc1Cc1nc([C@@H]2CC(=O)N(C(C)(C)C)[C@H]2c2cnn(C)c2)no1. The first kappa shape index (κ1) is 19.3. The van der Waals surface area contributed by atoms with Crippen LogP contribution in [0.5, 0.6) is 0 Å². The fraction of sp³-hybridized carbons (Fsp3) is 0.476. The van der Waals surface area contributed by atoms with Crippen molar-refractivity contribution in [3.8, 4) is 0 Å². The summed E-state index contributed by atoms with van der Waals surface area (Å²) in [7, 11) is 1.87. The minimum atomic E-state index is -0.328. The summed E-state index contributed by atoms with van der Waals surface area (Å²) in [4.78, 5) is 23.7. The molecule has 0 bridgehead atoms. The Hall–Kier alpha value is -3.03. The van der Waals surface area contributed by atoms with E-state index in [0.29, 0.717) is 24.6 Å². The van der Waals surface area contributed by atoms with Crippen molar-refractivity contribution in [3.05, 3.63) is 59.3 Å². The molecule has 3 aromatic heterocycles. The van der Waals surface area contributed by atoms with Crippen LogP contribution < -0.4 is 0 Å². The molecule has 29 heavy (non-hydrogen) atoms. The molecule has 8 heteroatoms. The van der Waals surface area contributed by atoms with E-state index in [-0.39, 0.29) is 23.4 Å². The topological polar surface area (TPSA) is 89.9 Å². The van der Waals surface area contributed by atoms with Gasteiger partial charge in [0.05, 0.1) is 24.6 Å². The van der Waals surface area contributed by atoms with E-state index < -0.39 is 0 Å². The van der Waals surface area contributed by atoms with E-state index in [0.717, 1.165) is 16.7 Å². The van der Waals surface area contributed by atoms with Crippen molar-refractivity contribution in [1.82, 2.24) is 29.8 Å². The number of aryl methyl sites for hydroxylation is 2. The molecule has 0 saturated carbocycles. The van der Waals surface area contributed by atoms with Crippen LogP contribution in [0.4, 0.5) is 0 Å². The van der Waals surface area contributed by atoms with Crippen LogP contribution >= 0.6 is 0 Å². The zero-order chi connectivity index (χ0) is 20.8. The average Bonchev–Trinajstić information content (AvgIpc) is 3.34. The van der Waals surface area contributed by atoms with Crippen LogP contribution in [0.1, 0.15) is 67.6 Å². The standard InChI is InChI=1S/C21H26N6O2/c1-13-6-7-22-10-14(13)8-17-24-20(25-29-17)16-9-18(28)27(21(2,3)4)19(16)15-11-23-26(5)12-15/h6-7,10-12,16,19H,8-9H2,1-5H3/t16-,19+/m1/s1. The molecule has 152 valence electrons. The highest BCUT2D eigenvalue weighted by Gasteiger charge is 2.48. The molecule has 2 atom stereocenters. The molecule has 0 spiro atoms. The molecule has 0 N–H and O–H groups in total. The Morgan fingerprint density at radius 3 is 2.72 bits per heavy atom. The van der Waals surface area contributed by atoms with Crippen molar-refractivity contribution in [1.29, 1.82) is 0 Å². The number of carbonyl (C=O) groups is 1. The van der Waals surface area contributed by atoms with Gasteiger partial charge in [0.25, 0.3) is 0 Å². The van der Waals surface area contributed by atoms with Crippen LogP contribution in [0.3, 0.4) is 0 Å². The minimum absolute atomic E-state index is 0.0887. The number of hydrogen-bond donors (Lipinski definition) is 0. The van der Waals surface area contributed by atoms with Crippen LogP contribution in [0.15, 0.2) is 35.4 Å². The van der Waals surface area contributed by atoms with E-state index in [1.165, 1.54) is 0 Å². The molecule has 1 aliphatic rings. The molecule has 0 unspecified atom stereocenters. The number of hydrogen-bond acceptors (Lipinski definition) is 6. The second kappa shape index (κ2) is 7.09. The lowest BCUT2D eigenvalue weighted by atomic mass is 9.93. The second-order valence-corrected chi connectivity index (χ2v) is 8.66. The Labute approximate surface area is 169 Å². The van der Waals surface area contributed by atoms with E-state index in [4.69, 9.17) is 4.52 Å². The Morgan fingerprint density at radius 2 is 2.07 bits per heavy atom. The molecular weight excluding hydrogens is 368 g/mol. The molecule has 0 radical (unpaired) electrons. The van der Waals surface area contributed by atoms with Gasteiger partial charge in [0.2, 0.25) is 11.8 Å². The molecule has 3 aromatic rings. The molecule has 1 saturated heterocycles. The summed E-state index contributed by atoms with van der Waals surface area (Å²) in [5.74, 6) is 1.00. The number of aromatic nitrogens is 5. The second-order valence-electron chi connectivity index (χ2n) is 8.66. The lowest BCUT2D eigenvalue weighted by Gasteiger charge is -2.38. The number of likely N-dealkylation sites (tertiary alicyclic amines) is 1. The summed E-state index contributed by atoms with van der Waals surface area (Å²) in [6, 6.07) is 1.78. The fourth-order valence-corrected chi connectivity index (χ4v) is 4.07. The van der Waals surface area contributed by atoms with Crippen molar-refractivity contribution in [2.75, 3.05) is 0 Å². The van der Waals surface area contributed by atoms with Gasteiger partial charge in [-0.1, -0.05) is 5.16 Å². The molecule has 0 aliphatic carbocycles. The molecule has 4 heterocycles. The fourth-order valence-electron chi connectivity index (χ4n) is 4.07. The Morgan fingerprint density at radius 1 is 1.28 bits per heavy atom. The van der Waals surface area contributed by atoms with Crippen LogP contribution in [-0.4, -0.2) is 41.3 Å². The third-order valence-corrected chi connectivity index (χ3v) is 5.42. The lowest BCUT2D eigenvalue weighted by Crippen LogP contribution is -2.44. The maximum Gasteiger partial charge on any atom is 0.231 e. The van der Waals surface area contributed by atoms with E-state index in [2.05, 4.69) is 20.2 Å². The molecule has 1 fully saturated rings. The first-order valence-electron chi connectivity index (χ1n) is 9.76. The van der Waals surface area contributed by atoms with Crippen LogP contribution in [0, 0.1) is 6.92 Å². The Kier molecular flexibility index (Phi) is 4.72. The van der Waals surface area contributed by atoms with Crippen LogP contribution in [0.2, 0.25) is 0 Å². The molecule has 1 amide bonds. The summed E-state index contributed by atoms with van der Waals surface area (Å²) < 4.78 is 7.29. The molecular formula is C21H26N6O2. The van der Waals surface area contributed by atoms with Gasteiger partial charge in [-0.2, -0.15) is 10.1 Å². The average molecular weight is 394 g/mol. The lowest BCUT2D eigenvalue weighted by molar-refractivity contribution is -0.133. The van der Waals surface area contributed by atoms with Gasteiger partial charge in [0, 0.05) is 43.2 Å². The van der Waals surface area contributed by atoms with Crippen molar-refractivity contribution in [2.24, 2.45) is 7.05 Å². The maximum atomic E-state index is 12.9. The summed E-state index contributed by atoms with van der Waals surface area (Å²) in [6.07, 6.45) is 8.22. The predicted octanol–water partition coefficient (Wildman–Crippen LogP) is 2.95. The van der Waals surface area contributed by atoms with Gasteiger partial charge < -0.3 is 9.42 Å². The van der Waals surface area contributed by atoms with Gasteiger partial charge in [-0.15, -0.1) is 0 Å². The van der Waals surface area contributed by atoms with Crippen LogP contribution in [0.25, 0.3) is 0 Å². The molecule has 8 nitrogen and oxygen atoms in total. The smallest absolute Gasteiger partial charge is 0.231 e. The summed E-state index contributed by atoms with van der Waals surface area (Å²) >= 11 is 0. The quantitative estimate of drug-likeness (QED) is 0.676. The van der Waals surface area contributed by atoms with E-state index >= 15 is 0 Å². The number of pyridine rings is 1. The zero-order valence-corrected chi connectivity index (χ0v) is 17.5. The van der Waals surface area contributed by atoms with Crippen molar-refractivity contribution < 1.29 is 9.32 Å². The largest absolute Gasteiger partial charge is 0.339 e. The number of nitrogens with zero attached hydrogens (tertiary/aromatic N) is 6. The third-order valence-electron chi connectivity index (χ3n) is 5.42. The Bertz CT molecular complexity index is 1030. The van der Waals surface area contributed by atoms with Gasteiger partial charge in [-0.3, -0.25) is 14.5 Å². The number of rotatable bonds is 4. The highest BCUT2D eigenvalue weighted by atomic mass is 16.5. The first-order chi connectivity index (χ1) is 13.7. The molecule has 4 rings (SSSR count). The summed E-state index contributed by atoms with van der Waals surface area (Å²) in [5, 5.41) is 8.55. The van der Waals surface area contributed by atoms with E-state index in [1.54, 1.807) is 10.9 Å². The van der Waals surface area contributed by atoms with Crippen molar-refractivity contribution in [3.63, 3.8) is 0 Å². The van der Waals surface area contributed by atoms with Crippen LogP contribution in [-0.2, 0) is 18.3 Å². The Balaban J connectivity index is 1.67. The normalized spacial score (nSPS) is 19.9. The van der Waals surface area contributed by atoms with Gasteiger partial charge >= 0.3 is 0 Å². The minimum Gasteiger partial charge on any atom is -0.339 e.